The van der Waals surface area contributed by atoms with Crippen molar-refractivity contribution in [3.8, 4) is 0 Å². The molecular weight excluding hydrogens is 194 g/mol. The van der Waals surface area contributed by atoms with Crippen molar-refractivity contribution in [2.24, 2.45) is 5.41 Å². The summed E-state index contributed by atoms with van der Waals surface area (Å²) in [5.41, 5.74) is -0.362. The smallest absolute Gasteiger partial charge is 0.249 e. The van der Waals surface area contributed by atoms with Crippen molar-refractivity contribution in [1.82, 2.24) is 20.5 Å². The number of hydrogen-bond donors (Lipinski definition) is 2. The van der Waals surface area contributed by atoms with Gasteiger partial charge in [0, 0.05) is 6.54 Å². The van der Waals surface area contributed by atoms with Crippen LogP contribution >= 0.6 is 0 Å². The van der Waals surface area contributed by atoms with Crippen molar-refractivity contribution in [3.63, 3.8) is 0 Å². The monoisotopic (exact) mass is 207 g/mol. The van der Waals surface area contributed by atoms with Gasteiger partial charge in [-0.2, -0.15) is 5.10 Å². The van der Waals surface area contributed by atoms with E-state index in [-0.39, 0.29) is 17.3 Å². The zero-order valence-corrected chi connectivity index (χ0v) is 8.53. The molecule has 6 nitrogen and oxygen atoms in total. The fourth-order valence-electron chi connectivity index (χ4n) is 1.57. The van der Waals surface area contributed by atoms with Crippen molar-refractivity contribution in [3.05, 3.63) is 12.4 Å². The van der Waals surface area contributed by atoms with Crippen LogP contribution in [0, 0.1) is 5.41 Å². The molecular formula is C9H13N5O. The summed E-state index contributed by atoms with van der Waals surface area (Å²) in [6.45, 7) is 3.50. The van der Waals surface area contributed by atoms with E-state index in [0.717, 1.165) is 13.0 Å². The molecule has 0 aliphatic carbocycles. The van der Waals surface area contributed by atoms with E-state index in [1.165, 1.54) is 12.4 Å². The predicted molar refractivity (Wildman–Crippen MR) is 54.1 cm³/mol. The van der Waals surface area contributed by atoms with Crippen LogP contribution in [0.25, 0.3) is 0 Å². The highest BCUT2D eigenvalue weighted by atomic mass is 16.2. The Labute approximate surface area is 87.5 Å². The molecule has 1 fully saturated rings. The maximum absolute atomic E-state index is 11.9. The molecule has 6 heteroatoms. The normalized spacial score (nSPS) is 25.1. The second-order valence-electron chi connectivity index (χ2n) is 3.91. The zero-order valence-electron chi connectivity index (χ0n) is 8.53. The van der Waals surface area contributed by atoms with Crippen LogP contribution in [0.3, 0.4) is 0 Å². The highest BCUT2D eigenvalue weighted by molar-refractivity contribution is 5.94. The van der Waals surface area contributed by atoms with E-state index in [1.807, 2.05) is 6.92 Å². The summed E-state index contributed by atoms with van der Waals surface area (Å²) in [7, 11) is 0. The lowest BCUT2D eigenvalue weighted by molar-refractivity contribution is -0.123. The van der Waals surface area contributed by atoms with Gasteiger partial charge in [0.25, 0.3) is 0 Å². The molecule has 0 saturated carbocycles. The van der Waals surface area contributed by atoms with E-state index < -0.39 is 0 Å². The first-order valence-corrected chi connectivity index (χ1v) is 4.87. The summed E-state index contributed by atoms with van der Waals surface area (Å²) in [5.74, 6) is 0.205. The van der Waals surface area contributed by atoms with Gasteiger partial charge < -0.3 is 5.32 Å². The van der Waals surface area contributed by atoms with E-state index in [0.29, 0.717) is 6.54 Å². The van der Waals surface area contributed by atoms with Crippen molar-refractivity contribution in [1.29, 1.82) is 0 Å². The van der Waals surface area contributed by atoms with Gasteiger partial charge in [0.05, 0.1) is 17.8 Å². The Morgan fingerprint density at radius 2 is 2.47 bits per heavy atom. The maximum Gasteiger partial charge on any atom is 0.249 e. The Hall–Kier alpha value is -1.56. The quantitative estimate of drug-likeness (QED) is 0.702. The standard InChI is InChI=1S/C9H13N5O/c1-9(2-3-10-6-9)7(15)13-8-11-4-5-12-14-8/h4-5,10H,2-3,6H2,1H3,(H,11,13,14,15). The number of hydrogen-bond acceptors (Lipinski definition) is 5. The lowest BCUT2D eigenvalue weighted by Crippen LogP contribution is -2.35. The van der Waals surface area contributed by atoms with Crippen LogP contribution in [0.5, 0.6) is 0 Å². The second-order valence-corrected chi connectivity index (χ2v) is 3.91. The Morgan fingerprint density at radius 1 is 1.60 bits per heavy atom. The summed E-state index contributed by atoms with van der Waals surface area (Å²) in [5, 5.41) is 13.2. The number of aromatic nitrogens is 3. The molecule has 1 atom stereocenters. The fourth-order valence-corrected chi connectivity index (χ4v) is 1.57. The SMILES string of the molecule is CC1(C(=O)Nc2nccnn2)CCNC1. The van der Waals surface area contributed by atoms with E-state index in [4.69, 9.17) is 0 Å². The summed E-state index contributed by atoms with van der Waals surface area (Å²) in [6.07, 6.45) is 3.80. The number of anilines is 1. The van der Waals surface area contributed by atoms with Gasteiger partial charge in [0.1, 0.15) is 0 Å². The van der Waals surface area contributed by atoms with Gasteiger partial charge in [-0.05, 0) is 19.9 Å². The van der Waals surface area contributed by atoms with Gasteiger partial charge in [-0.25, -0.2) is 4.98 Å². The minimum absolute atomic E-state index is 0.0551. The van der Waals surface area contributed by atoms with Crippen LogP contribution in [-0.2, 0) is 4.79 Å². The van der Waals surface area contributed by atoms with Gasteiger partial charge in [-0.3, -0.25) is 10.1 Å². The van der Waals surface area contributed by atoms with E-state index in [9.17, 15) is 4.79 Å². The minimum atomic E-state index is -0.362. The van der Waals surface area contributed by atoms with Crippen molar-refractivity contribution < 1.29 is 4.79 Å². The molecule has 0 bridgehead atoms. The highest BCUT2D eigenvalue weighted by Crippen LogP contribution is 2.25. The maximum atomic E-state index is 11.9. The summed E-state index contributed by atoms with van der Waals surface area (Å²) in [4.78, 5) is 15.8. The number of rotatable bonds is 2. The second kappa shape index (κ2) is 3.90. The lowest BCUT2D eigenvalue weighted by Gasteiger charge is -2.20. The average Bonchev–Trinajstić information content (AvgIpc) is 2.68. The number of carbonyl (C=O) groups is 1. The van der Waals surface area contributed by atoms with Crippen LogP contribution < -0.4 is 10.6 Å². The molecule has 0 radical (unpaired) electrons. The van der Waals surface area contributed by atoms with Gasteiger partial charge >= 0.3 is 0 Å². The van der Waals surface area contributed by atoms with Crippen molar-refractivity contribution in [2.75, 3.05) is 18.4 Å². The Bertz CT molecular complexity index is 347. The first-order chi connectivity index (χ1) is 7.21. The highest BCUT2D eigenvalue weighted by Gasteiger charge is 2.36. The number of nitrogens with one attached hydrogen (secondary N) is 2. The number of amides is 1. The summed E-state index contributed by atoms with van der Waals surface area (Å²) < 4.78 is 0. The minimum Gasteiger partial charge on any atom is -0.316 e. The number of nitrogens with zero attached hydrogens (tertiary/aromatic N) is 3. The molecule has 2 rings (SSSR count). The number of carbonyl (C=O) groups excluding carboxylic acids is 1. The fraction of sp³-hybridized carbons (Fsp3) is 0.556. The Kier molecular flexibility index (Phi) is 2.59. The van der Waals surface area contributed by atoms with Gasteiger partial charge in [0.15, 0.2) is 0 Å². The molecule has 2 heterocycles. The predicted octanol–water partition coefficient (Wildman–Crippen LogP) is -0.190. The van der Waals surface area contributed by atoms with Gasteiger partial charge in [-0.1, -0.05) is 0 Å². The molecule has 0 spiro atoms. The molecule has 1 aliphatic heterocycles. The van der Waals surface area contributed by atoms with Crippen LogP contribution in [0.1, 0.15) is 13.3 Å². The molecule has 1 amide bonds. The van der Waals surface area contributed by atoms with Crippen LogP contribution in [0.4, 0.5) is 5.95 Å². The summed E-state index contributed by atoms with van der Waals surface area (Å²) in [6, 6.07) is 0. The summed E-state index contributed by atoms with van der Waals surface area (Å²) >= 11 is 0. The first-order valence-electron chi connectivity index (χ1n) is 4.87. The largest absolute Gasteiger partial charge is 0.316 e. The third kappa shape index (κ3) is 2.10. The van der Waals surface area contributed by atoms with Crippen LogP contribution in [0.15, 0.2) is 12.4 Å². The van der Waals surface area contributed by atoms with Crippen LogP contribution in [0.2, 0.25) is 0 Å². The molecule has 1 aliphatic rings. The van der Waals surface area contributed by atoms with E-state index in [2.05, 4.69) is 25.8 Å². The Morgan fingerprint density at radius 3 is 3.07 bits per heavy atom. The molecule has 1 aromatic rings. The molecule has 15 heavy (non-hydrogen) atoms. The Balaban J connectivity index is 2.04. The van der Waals surface area contributed by atoms with Crippen LogP contribution in [-0.4, -0.2) is 34.2 Å². The molecule has 80 valence electrons. The molecule has 1 aromatic heterocycles. The van der Waals surface area contributed by atoms with Crippen molar-refractivity contribution >= 4 is 11.9 Å². The molecule has 1 unspecified atom stereocenters. The first kappa shape index (κ1) is 9.97. The van der Waals surface area contributed by atoms with E-state index in [1.54, 1.807) is 0 Å². The third-order valence-electron chi connectivity index (χ3n) is 2.62. The molecule has 0 aromatic carbocycles. The topological polar surface area (TPSA) is 79.8 Å². The third-order valence-corrected chi connectivity index (χ3v) is 2.62. The zero-order chi connectivity index (χ0) is 10.7. The lowest BCUT2D eigenvalue weighted by atomic mass is 9.89. The molecule has 2 N–H and O–H groups in total. The van der Waals surface area contributed by atoms with Gasteiger partial charge in [-0.15, -0.1) is 5.10 Å². The van der Waals surface area contributed by atoms with Gasteiger partial charge in [0.2, 0.25) is 11.9 Å². The van der Waals surface area contributed by atoms with Crippen molar-refractivity contribution in [2.45, 2.75) is 13.3 Å². The average molecular weight is 207 g/mol. The van der Waals surface area contributed by atoms with E-state index >= 15 is 0 Å². The molecule has 1 saturated heterocycles.